The maximum atomic E-state index is 5.90. The molecule has 0 aliphatic carbocycles. The molecule has 2 aliphatic rings. The number of rotatable bonds is 4. The number of nitrogens with zero attached hydrogens (tertiary/aromatic N) is 3. The Hall–Kier alpha value is -1.40. The van der Waals surface area contributed by atoms with Gasteiger partial charge in [-0.1, -0.05) is 0 Å². The van der Waals surface area contributed by atoms with Crippen LogP contribution < -0.4 is 10.6 Å². The van der Waals surface area contributed by atoms with Crippen LogP contribution in [0.4, 0.5) is 11.6 Å². The summed E-state index contributed by atoms with van der Waals surface area (Å²) in [4.78, 5) is 11.1. The minimum atomic E-state index is 0.245. The molecule has 6 nitrogen and oxygen atoms in total. The molecule has 2 aliphatic heterocycles. The van der Waals surface area contributed by atoms with Crippen molar-refractivity contribution >= 4 is 11.6 Å². The number of aromatic nitrogens is 2. The third kappa shape index (κ3) is 2.96. The van der Waals surface area contributed by atoms with Crippen LogP contribution in [0.15, 0.2) is 12.4 Å². The zero-order valence-corrected chi connectivity index (χ0v) is 11.3. The molecule has 1 aromatic rings. The molecule has 0 aromatic carbocycles. The largest absolute Gasteiger partial charge is 0.373 e. The summed E-state index contributed by atoms with van der Waals surface area (Å²) in [5.41, 5.74) is 0. The van der Waals surface area contributed by atoms with Crippen LogP contribution in [0.2, 0.25) is 0 Å². The Bertz CT molecular complexity index is 427. The van der Waals surface area contributed by atoms with Crippen molar-refractivity contribution < 1.29 is 4.74 Å². The molecule has 3 heterocycles. The molecule has 1 aromatic heterocycles. The Morgan fingerprint density at radius 3 is 3.21 bits per heavy atom. The second-order valence-electron chi connectivity index (χ2n) is 5.17. The van der Waals surface area contributed by atoms with Crippen LogP contribution in [0.5, 0.6) is 0 Å². The smallest absolute Gasteiger partial charge is 0.147 e. The predicted octanol–water partition coefficient (Wildman–Crippen LogP) is 0.793. The molecule has 0 radical (unpaired) electrons. The first-order valence-electron chi connectivity index (χ1n) is 6.94. The van der Waals surface area contributed by atoms with E-state index in [9.17, 15) is 0 Å². The first kappa shape index (κ1) is 12.6. The van der Waals surface area contributed by atoms with Crippen molar-refractivity contribution in [1.82, 2.24) is 14.9 Å². The van der Waals surface area contributed by atoms with Crippen LogP contribution in [0.3, 0.4) is 0 Å². The van der Waals surface area contributed by atoms with E-state index in [2.05, 4.69) is 25.5 Å². The van der Waals surface area contributed by atoms with Gasteiger partial charge in [-0.25, -0.2) is 4.98 Å². The van der Waals surface area contributed by atoms with E-state index in [-0.39, 0.29) is 6.10 Å². The molecule has 0 saturated carbocycles. The van der Waals surface area contributed by atoms with Crippen LogP contribution in [0.1, 0.15) is 12.8 Å². The van der Waals surface area contributed by atoms with Gasteiger partial charge in [0.05, 0.1) is 25.1 Å². The van der Waals surface area contributed by atoms with Gasteiger partial charge in [0.1, 0.15) is 11.6 Å². The van der Waals surface area contributed by atoms with Crippen LogP contribution in [0, 0.1) is 0 Å². The molecule has 3 rings (SSSR count). The second-order valence-corrected chi connectivity index (χ2v) is 5.17. The summed E-state index contributed by atoms with van der Waals surface area (Å²) < 4.78 is 5.90. The fourth-order valence-corrected chi connectivity index (χ4v) is 2.80. The SMILES string of the molecule is CNc1cncc(NCC2CN3CCCC3CO2)n1. The molecule has 2 N–H and O–H groups in total. The quantitative estimate of drug-likeness (QED) is 0.837. The highest BCUT2D eigenvalue weighted by molar-refractivity contribution is 5.41. The number of anilines is 2. The molecule has 2 unspecified atom stereocenters. The summed E-state index contributed by atoms with van der Waals surface area (Å²) in [6.07, 6.45) is 6.29. The average Bonchev–Trinajstić information content (AvgIpc) is 2.93. The molecule has 104 valence electrons. The highest BCUT2D eigenvalue weighted by Crippen LogP contribution is 2.22. The summed E-state index contributed by atoms with van der Waals surface area (Å²) >= 11 is 0. The lowest BCUT2D eigenvalue weighted by Crippen LogP contribution is -2.48. The Morgan fingerprint density at radius 1 is 1.42 bits per heavy atom. The normalized spacial score (nSPS) is 27.0. The van der Waals surface area contributed by atoms with E-state index in [0.29, 0.717) is 6.04 Å². The van der Waals surface area contributed by atoms with Gasteiger partial charge in [-0.2, -0.15) is 0 Å². The summed E-state index contributed by atoms with van der Waals surface area (Å²) in [5, 5.41) is 6.29. The summed E-state index contributed by atoms with van der Waals surface area (Å²) in [7, 11) is 1.84. The first-order chi connectivity index (χ1) is 9.35. The van der Waals surface area contributed by atoms with Gasteiger partial charge < -0.3 is 15.4 Å². The third-order valence-corrected chi connectivity index (χ3v) is 3.86. The molecule has 0 spiro atoms. The Labute approximate surface area is 113 Å². The molecule has 6 heteroatoms. The molecule has 0 amide bonds. The first-order valence-corrected chi connectivity index (χ1v) is 6.94. The van der Waals surface area contributed by atoms with Crippen molar-refractivity contribution in [3.05, 3.63) is 12.4 Å². The highest BCUT2D eigenvalue weighted by Gasteiger charge is 2.31. The summed E-state index contributed by atoms with van der Waals surface area (Å²) in [5.74, 6) is 1.56. The monoisotopic (exact) mass is 263 g/mol. The Kier molecular flexibility index (Phi) is 3.79. The van der Waals surface area contributed by atoms with Crippen LogP contribution in [-0.2, 0) is 4.74 Å². The van der Waals surface area contributed by atoms with Crippen molar-refractivity contribution in [2.45, 2.75) is 25.0 Å². The standard InChI is InChI=1S/C13H21N5O/c1-14-12-6-15-7-13(17-12)16-5-11-8-18-4-2-3-10(18)9-19-11/h6-7,10-11H,2-5,8-9H2,1H3,(H2,14,16,17). The number of morpholine rings is 1. The van der Waals surface area contributed by atoms with Gasteiger partial charge in [0.25, 0.3) is 0 Å². The number of nitrogens with one attached hydrogen (secondary N) is 2. The van der Waals surface area contributed by atoms with Crippen molar-refractivity contribution in [3.63, 3.8) is 0 Å². The van der Waals surface area contributed by atoms with Crippen molar-refractivity contribution in [3.8, 4) is 0 Å². The molecule has 2 fully saturated rings. The van der Waals surface area contributed by atoms with Gasteiger partial charge in [-0.15, -0.1) is 0 Å². The lowest BCUT2D eigenvalue weighted by Gasteiger charge is -2.35. The second kappa shape index (κ2) is 5.71. The number of ether oxygens (including phenoxy) is 1. The zero-order chi connectivity index (χ0) is 13.1. The Balaban J connectivity index is 1.51. The van der Waals surface area contributed by atoms with Crippen molar-refractivity contribution in [2.24, 2.45) is 0 Å². The predicted molar refractivity (Wildman–Crippen MR) is 74.4 cm³/mol. The van der Waals surface area contributed by atoms with Gasteiger partial charge in [-0.05, 0) is 19.4 Å². The Morgan fingerprint density at radius 2 is 2.32 bits per heavy atom. The number of hydrogen-bond acceptors (Lipinski definition) is 6. The van der Waals surface area contributed by atoms with Gasteiger partial charge >= 0.3 is 0 Å². The number of hydrogen-bond donors (Lipinski definition) is 2. The van der Waals surface area contributed by atoms with Gasteiger partial charge in [-0.3, -0.25) is 9.88 Å². The van der Waals surface area contributed by atoms with E-state index >= 15 is 0 Å². The lowest BCUT2D eigenvalue weighted by molar-refractivity contribution is -0.0416. The molecular weight excluding hydrogens is 242 g/mol. The van der Waals surface area contributed by atoms with Crippen molar-refractivity contribution in [1.29, 1.82) is 0 Å². The van der Waals surface area contributed by atoms with E-state index in [0.717, 1.165) is 31.3 Å². The van der Waals surface area contributed by atoms with Crippen LogP contribution in [-0.4, -0.2) is 60.3 Å². The fraction of sp³-hybridized carbons (Fsp3) is 0.692. The zero-order valence-electron chi connectivity index (χ0n) is 11.3. The number of fused-ring (bicyclic) bond motifs is 1. The minimum Gasteiger partial charge on any atom is -0.373 e. The van der Waals surface area contributed by atoms with Crippen LogP contribution >= 0.6 is 0 Å². The van der Waals surface area contributed by atoms with Gasteiger partial charge in [0, 0.05) is 26.2 Å². The minimum absolute atomic E-state index is 0.245. The topological polar surface area (TPSA) is 62.3 Å². The van der Waals surface area contributed by atoms with E-state index in [1.807, 2.05) is 7.05 Å². The lowest BCUT2D eigenvalue weighted by atomic mass is 10.2. The van der Waals surface area contributed by atoms with Crippen LogP contribution in [0.25, 0.3) is 0 Å². The average molecular weight is 263 g/mol. The van der Waals surface area contributed by atoms with Gasteiger partial charge in [0.15, 0.2) is 0 Å². The summed E-state index contributed by atoms with van der Waals surface area (Å²) in [6.45, 7) is 3.90. The molecule has 0 bridgehead atoms. The molecule has 2 saturated heterocycles. The summed E-state index contributed by atoms with van der Waals surface area (Å²) in [6, 6.07) is 0.656. The van der Waals surface area contributed by atoms with E-state index < -0.39 is 0 Å². The molecule has 19 heavy (non-hydrogen) atoms. The molecule has 2 atom stereocenters. The van der Waals surface area contributed by atoms with E-state index in [4.69, 9.17) is 4.74 Å². The maximum Gasteiger partial charge on any atom is 0.147 e. The fourth-order valence-electron chi connectivity index (χ4n) is 2.80. The van der Waals surface area contributed by atoms with E-state index in [1.54, 1.807) is 12.4 Å². The molecular formula is C13H21N5O. The third-order valence-electron chi connectivity index (χ3n) is 3.86. The van der Waals surface area contributed by atoms with Crippen molar-refractivity contribution in [2.75, 3.05) is 43.9 Å². The van der Waals surface area contributed by atoms with E-state index in [1.165, 1.54) is 19.4 Å². The maximum absolute atomic E-state index is 5.90. The highest BCUT2D eigenvalue weighted by atomic mass is 16.5. The van der Waals surface area contributed by atoms with Gasteiger partial charge in [0.2, 0.25) is 0 Å².